The first-order valence-electron chi connectivity index (χ1n) is 5.32. The van der Waals surface area contributed by atoms with E-state index in [0.29, 0.717) is 0 Å². The maximum Gasteiger partial charge on any atom is 0.165 e. The number of aromatic nitrogens is 1. The summed E-state index contributed by atoms with van der Waals surface area (Å²) in [7, 11) is 0. The van der Waals surface area contributed by atoms with Gasteiger partial charge in [-0.1, -0.05) is 12.8 Å². The van der Waals surface area contributed by atoms with Crippen molar-refractivity contribution in [1.29, 1.82) is 0 Å². The van der Waals surface area contributed by atoms with E-state index in [-0.39, 0.29) is 23.8 Å². The van der Waals surface area contributed by atoms with Gasteiger partial charge in [0.05, 0.1) is 12.1 Å². The van der Waals surface area contributed by atoms with Crippen LogP contribution in [0.15, 0.2) is 18.3 Å². The second-order valence-electron chi connectivity index (χ2n) is 3.94. The molecule has 0 unspecified atom stereocenters. The Labute approximate surface area is 88.3 Å². The molecule has 1 aliphatic carbocycles. The normalized spacial score (nSPS) is 26.3. The van der Waals surface area contributed by atoms with E-state index in [0.717, 1.165) is 25.7 Å². The molecule has 0 radical (unpaired) electrons. The van der Waals surface area contributed by atoms with Crippen molar-refractivity contribution in [2.75, 3.05) is 5.32 Å². The Morgan fingerprint density at radius 1 is 1.40 bits per heavy atom. The predicted molar refractivity (Wildman–Crippen MR) is 56.1 cm³/mol. The molecule has 2 N–H and O–H groups in total. The van der Waals surface area contributed by atoms with E-state index in [2.05, 4.69) is 10.3 Å². The quantitative estimate of drug-likeness (QED) is 0.784. The molecule has 0 aromatic carbocycles. The summed E-state index contributed by atoms with van der Waals surface area (Å²) in [5, 5.41) is 12.7. The van der Waals surface area contributed by atoms with Crippen LogP contribution in [-0.4, -0.2) is 22.2 Å². The van der Waals surface area contributed by atoms with Crippen LogP contribution in [-0.2, 0) is 0 Å². The summed E-state index contributed by atoms with van der Waals surface area (Å²) in [4.78, 5) is 3.91. The molecular weight excluding hydrogens is 195 g/mol. The predicted octanol–water partition coefficient (Wildman–Crippen LogP) is 1.94. The molecule has 1 aliphatic rings. The molecule has 0 bridgehead atoms. The van der Waals surface area contributed by atoms with Crippen LogP contribution in [0.1, 0.15) is 25.7 Å². The third kappa shape index (κ3) is 2.45. The van der Waals surface area contributed by atoms with Gasteiger partial charge in [0.15, 0.2) is 11.6 Å². The van der Waals surface area contributed by atoms with Gasteiger partial charge in [-0.15, -0.1) is 0 Å². The van der Waals surface area contributed by atoms with E-state index in [4.69, 9.17) is 0 Å². The fourth-order valence-corrected chi connectivity index (χ4v) is 1.95. The van der Waals surface area contributed by atoms with Crippen molar-refractivity contribution < 1.29 is 9.50 Å². The van der Waals surface area contributed by atoms with Crippen molar-refractivity contribution in [2.24, 2.45) is 0 Å². The fourth-order valence-electron chi connectivity index (χ4n) is 1.95. The highest BCUT2D eigenvalue weighted by Gasteiger charge is 2.23. The van der Waals surface area contributed by atoms with Gasteiger partial charge in [-0.25, -0.2) is 9.37 Å². The molecular formula is C11H15FN2O. The summed E-state index contributed by atoms with van der Waals surface area (Å²) in [6.07, 6.45) is 4.93. The lowest BCUT2D eigenvalue weighted by molar-refractivity contribution is 0.116. The lowest BCUT2D eigenvalue weighted by Crippen LogP contribution is -2.36. The Morgan fingerprint density at radius 2 is 2.20 bits per heavy atom. The number of nitrogens with one attached hydrogen (secondary N) is 1. The molecule has 1 saturated carbocycles. The standard InChI is InChI=1S/C11H15FN2O/c12-8-4-3-7-13-11(8)14-9-5-1-2-6-10(9)15/h3-4,7,9-10,15H,1-2,5-6H2,(H,13,14)/t9-,10-/m0/s1. The van der Waals surface area contributed by atoms with Crippen LogP contribution in [0.5, 0.6) is 0 Å². The number of aliphatic hydroxyl groups excluding tert-OH is 1. The molecule has 2 atom stereocenters. The second-order valence-corrected chi connectivity index (χ2v) is 3.94. The van der Waals surface area contributed by atoms with Crippen LogP contribution in [0.2, 0.25) is 0 Å². The number of hydrogen-bond donors (Lipinski definition) is 2. The molecule has 1 aromatic heterocycles. The van der Waals surface area contributed by atoms with Gasteiger partial charge in [-0.05, 0) is 25.0 Å². The molecule has 1 heterocycles. The minimum atomic E-state index is -0.389. The summed E-state index contributed by atoms with van der Waals surface area (Å²) >= 11 is 0. The van der Waals surface area contributed by atoms with E-state index < -0.39 is 0 Å². The number of anilines is 1. The van der Waals surface area contributed by atoms with E-state index in [1.165, 1.54) is 6.07 Å². The Hall–Kier alpha value is -1.16. The van der Waals surface area contributed by atoms with Gasteiger partial charge < -0.3 is 10.4 Å². The van der Waals surface area contributed by atoms with Crippen LogP contribution in [0.4, 0.5) is 10.2 Å². The van der Waals surface area contributed by atoms with Crippen molar-refractivity contribution in [3.05, 3.63) is 24.1 Å². The second kappa shape index (κ2) is 4.57. The fraction of sp³-hybridized carbons (Fsp3) is 0.545. The zero-order chi connectivity index (χ0) is 10.7. The van der Waals surface area contributed by atoms with E-state index >= 15 is 0 Å². The molecule has 0 amide bonds. The number of nitrogens with zero attached hydrogens (tertiary/aromatic N) is 1. The molecule has 0 spiro atoms. The van der Waals surface area contributed by atoms with E-state index in [9.17, 15) is 9.50 Å². The maximum atomic E-state index is 13.3. The first kappa shape index (κ1) is 10.4. The van der Waals surface area contributed by atoms with Crippen molar-refractivity contribution in [3.63, 3.8) is 0 Å². The summed E-state index contributed by atoms with van der Waals surface area (Å²) in [5.41, 5.74) is 0. The van der Waals surface area contributed by atoms with Crippen LogP contribution in [0.3, 0.4) is 0 Å². The molecule has 15 heavy (non-hydrogen) atoms. The van der Waals surface area contributed by atoms with E-state index in [1.54, 1.807) is 12.3 Å². The average molecular weight is 210 g/mol. The summed E-state index contributed by atoms with van der Waals surface area (Å²) in [6.45, 7) is 0. The highest BCUT2D eigenvalue weighted by molar-refractivity contribution is 5.37. The zero-order valence-electron chi connectivity index (χ0n) is 8.49. The van der Waals surface area contributed by atoms with Gasteiger partial charge >= 0.3 is 0 Å². The molecule has 2 rings (SSSR count). The molecule has 0 saturated heterocycles. The van der Waals surface area contributed by atoms with Crippen molar-refractivity contribution in [3.8, 4) is 0 Å². The maximum absolute atomic E-state index is 13.3. The van der Waals surface area contributed by atoms with Crippen LogP contribution in [0, 0.1) is 5.82 Å². The molecule has 4 heteroatoms. The molecule has 1 fully saturated rings. The number of halogens is 1. The van der Waals surface area contributed by atoms with Crippen molar-refractivity contribution >= 4 is 5.82 Å². The third-order valence-electron chi connectivity index (χ3n) is 2.81. The highest BCUT2D eigenvalue weighted by Crippen LogP contribution is 2.22. The van der Waals surface area contributed by atoms with Gasteiger partial charge in [0.2, 0.25) is 0 Å². The van der Waals surface area contributed by atoms with Crippen molar-refractivity contribution in [1.82, 2.24) is 4.98 Å². The Bertz CT molecular complexity index is 332. The number of aliphatic hydroxyl groups is 1. The molecule has 82 valence electrons. The highest BCUT2D eigenvalue weighted by atomic mass is 19.1. The van der Waals surface area contributed by atoms with Crippen LogP contribution >= 0.6 is 0 Å². The number of pyridine rings is 1. The van der Waals surface area contributed by atoms with Crippen LogP contribution < -0.4 is 5.32 Å². The van der Waals surface area contributed by atoms with Gasteiger partial charge in [-0.2, -0.15) is 0 Å². The first-order chi connectivity index (χ1) is 7.27. The average Bonchev–Trinajstić information content (AvgIpc) is 2.24. The minimum Gasteiger partial charge on any atom is -0.391 e. The third-order valence-corrected chi connectivity index (χ3v) is 2.81. The van der Waals surface area contributed by atoms with Gasteiger partial charge in [0, 0.05) is 6.20 Å². The minimum absolute atomic E-state index is 0.0665. The van der Waals surface area contributed by atoms with Gasteiger partial charge in [-0.3, -0.25) is 0 Å². The first-order valence-corrected chi connectivity index (χ1v) is 5.32. The zero-order valence-corrected chi connectivity index (χ0v) is 8.49. The smallest absolute Gasteiger partial charge is 0.165 e. The number of rotatable bonds is 2. The van der Waals surface area contributed by atoms with Crippen LogP contribution in [0.25, 0.3) is 0 Å². The lowest BCUT2D eigenvalue weighted by atomic mass is 9.92. The SMILES string of the molecule is O[C@H]1CCCC[C@@H]1Nc1ncccc1F. The molecule has 3 nitrogen and oxygen atoms in total. The summed E-state index contributed by atoms with van der Waals surface area (Å²) in [5.74, 6) is -0.126. The topological polar surface area (TPSA) is 45.1 Å². The molecule has 1 aromatic rings. The largest absolute Gasteiger partial charge is 0.391 e. The number of hydrogen-bond acceptors (Lipinski definition) is 3. The van der Waals surface area contributed by atoms with Gasteiger partial charge in [0.1, 0.15) is 0 Å². The summed E-state index contributed by atoms with van der Waals surface area (Å²) in [6, 6.07) is 2.85. The Morgan fingerprint density at radius 3 is 2.93 bits per heavy atom. The Kier molecular flexibility index (Phi) is 3.16. The monoisotopic (exact) mass is 210 g/mol. The summed E-state index contributed by atoms with van der Waals surface area (Å²) < 4.78 is 13.3. The van der Waals surface area contributed by atoms with E-state index in [1.807, 2.05) is 0 Å². The van der Waals surface area contributed by atoms with Crippen molar-refractivity contribution in [2.45, 2.75) is 37.8 Å². The lowest BCUT2D eigenvalue weighted by Gasteiger charge is -2.28. The Balaban J connectivity index is 2.04. The van der Waals surface area contributed by atoms with Gasteiger partial charge in [0.25, 0.3) is 0 Å². The molecule has 0 aliphatic heterocycles.